The number of rotatable bonds is 10. The van der Waals surface area contributed by atoms with Crippen LogP contribution in [0.2, 0.25) is 0 Å². The van der Waals surface area contributed by atoms with E-state index >= 15 is 0 Å². The number of hydrogen-bond acceptors (Lipinski definition) is 6. The molecule has 1 N–H and O–H groups in total. The molecule has 0 spiro atoms. The van der Waals surface area contributed by atoms with Crippen molar-refractivity contribution in [3.8, 4) is 23.0 Å². The van der Waals surface area contributed by atoms with Crippen LogP contribution in [-0.2, 0) is 17.6 Å². The van der Waals surface area contributed by atoms with Crippen molar-refractivity contribution < 1.29 is 23.7 Å². The molecule has 1 fully saturated rings. The molecule has 1 saturated carbocycles. The highest BCUT2D eigenvalue weighted by atomic mass is 16.5. The quantitative estimate of drug-likeness (QED) is 0.520. The molecule has 1 unspecified atom stereocenters. The molecule has 4 rings (SSSR count). The Kier molecular flexibility index (Phi) is 8.97. The molecule has 2 aliphatic rings. The van der Waals surface area contributed by atoms with Crippen LogP contribution in [-0.4, -0.2) is 58.9 Å². The SMILES string of the molecule is COc1ccc(CC2c3cc(OC)c(OC)cc3CCN2CC(=O)NCC2CCCCC2)cc1OC. The molecule has 196 valence electrons. The molecule has 0 bridgehead atoms. The van der Waals surface area contributed by atoms with Gasteiger partial charge in [-0.3, -0.25) is 9.69 Å². The van der Waals surface area contributed by atoms with Crippen LogP contribution in [0, 0.1) is 5.92 Å². The monoisotopic (exact) mass is 496 g/mol. The second kappa shape index (κ2) is 12.3. The van der Waals surface area contributed by atoms with E-state index in [2.05, 4.69) is 28.4 Å². The number of benzene rings is 2. The van der Waals surface area contributed by atoms with Crippen LogP contribution >= 0.6 is 0 Å². The molecule has 0 saturated heterocycles. The first kappa shape index (κ1) is 26.1. The average Bonchev–Trinajstić information content (AvgIpc) is 2.92. The van der Waals surface area contributed by atoms with Crippen LogP contribution in [0.4, 0.5) is 0 Å². The molecule has 0 radical (unpaired) electrons. The number of hydrogen-bond donors (Lipinski definition) is 1. The van der Waals surface area contributed by atoms with Gasteiger partial charge >= 0.3 is 0 Å². The number of nitrogens with one attached hydrogen (secondary N) is 1. The van der Waals surface area contributed by atoms with Gasteiger partial charge in [0.25, 0.3) is 0 Å². The lowest BCUT2D eigenvalue weighted by Gasteiger charge is -2.37. The van der Waals surface area contributed by atoms with E-state index in [-0.39, 0.29) is 11.9 Å². The maximum Gasteiger partial charge on any atom is 0.234 e. The van der Waals surface area contributed by atoms with Gasteiger partial charge in [0, 0.05) is 19.1 Å². The molecule has 2 aromatic carbocycles. The number of carbonyl (C=O) groups excluding carboxylic acids is 1. The summed E-state index contributed by atoms with van der Waals surface area (Å²) < 4.78 is 22.2. The summed E-state index contributed by atoms with van der Waals surface area (Å²) in [5.74, 6) is 3.56. The number of ether oxygens (including phenoxy) is 4. The molecule has 1 aliphatic heterocycles. The van der Waals surface area contributed by atoms with Crippen LogP contribution in [0.5, 0.6) is 23.0 Å². The third-order valence-corrected chi connectivity index (χ3v) is 7.65. The summed E-state index contributed by atoms with van der Waals surface area (Å²) in [7, 11) is 6.61. The van der Waals surface area contributed by atoms with Crippen LogP contribution in [0.15, 0.2) is 30.3 Å². The lowest BCUT2D eigenvalue weighted by Crippen LogP contribution is -2.44. The zero-order valence-electron chi connectivity index (χ0n) is 22.1. The minimum atomic E-state index is 0.0205. The number of carbonyl (C=O) groups is 1. The Balaban J connectivity index is 1.57. The minimum Gasteiger partial charge on any atom is -0.493 e. The van der Waals surface area contributed by atoms with Crippen molar-refractivity contribution >= 4 is 5.91 Å². The van der Waals surface area contributed by atoms with Crippen molar-refractivity contribution in [1.29, 1.82) is 0 Å². The van der Waals surface area contributed by atoms with Gasteiger partial charge in [-0.1, -0.05) is 25.3 Å². The fourth-order valence-electron chi connectivity index (χ4n) is 5.63. The van der Waals surface area contributed by atoms with E-state index in [9.17, 15) is 4.79 Å². The van der Waals surface area contributed by atoms with Gasteiger partial charge < -0.3 is 24.3 Å². The molecule has 1 atom stereocenters. The fraction of sp³-hybridized carbons (Fsp3) is 0.552. The van der Waals surface area contributed by atoms with Crippen LogP contribution in [0.25, 0.3) is 0 Å². The van der Waals surface area contributed by atoms with Crippen molar-refractivity contribution in [2.24, 2.45) is 5.92 Å². The molecular weight excluding hydrogens is 456 g/mol. The molecule has 36 heavy (non-hydrogen) atoms. The average molecular weight is 497 g/mol. The van der Waals surface area contributed by atoms with E-state index in [0.717, 1.165) is 37.2 Å². The Morgan fingerprint density at radius 2 is 1.56 bits per heavy atom. The van der Waals surface area contributed by atoms with Crippen molar-refractivity contribution in [2.45, 2.75) is 51.0 Å². The predicted molar refractivity (Wildman–Crippen MR) is 140 cm³/mol. The summed E-state index contributed by atoms with van der Waals surface area (Å²) >= 11 is 0. The number of methoxy groups -OCH3 is 4. The van der Waals surface area contributed by atoms with Gasteiger partial charge in [0.05, 0.1) is 35.0 Å². The second-order valence-corrected chi connectivity index (χ2v) is 9.84. The summed E-state index contributed by atoms with van der Waals surface area (Å²) in [5.41, 5.74) is 3.53. The predicted octanol–water partition coefficient (Wildman–Crippen LogP) is 4.56. The number of nitrogens with zero attached hydrogens (tertiary/aromatic N) is 1. The molecule has 7 heteroatoms. The van der Waals surface area contributed by atoms with Crippen molar-refractivity contribution in [3.05, 3.63) is 47.0 Å². The summed E-state index contributed by atoms with van der Waals surface area (Å²) in [6, 6.07) is 10.2. The van der Waals surface area contributed by atoms with Crippen molar-refractivity contribution in [1.82, 2.24) is 10.2 Å². The fourth-order valence-corrected chi connectivity index (χ4v) is 5.63. The van der Waals surface area contributed by atoms with Gasteiger partial charge in [-0.15, -0.1) is 0 Å². The van der Waals surface area contributed by atoms with E-state index in [1.165, 1.54) is 43.2 Å². The zero-order chi connectivity index (χ0) is 25.5. The first-order valence-electron chi connectivity index (χ1n) is 13.0. The highest BCUT2D eigenvalue weighted by molar-refractivity contribution is 5.78. The van der Waals surface area contributed by atoms with E-state index in [4.69, 9.17) is 18.9 Å². The maximum atomic E-state index is 13.0. The van der Waals surface area contributed by atoms with E-state index in [0.29, 0.717) is 29.7 Å². The Bertz CT molecular complexity index is 1030. The molecular formula is C29H40N2O5. The van der Waals surface area contributed by atoms with E-state index in [1.54, 1.807) is 28.4 Å². The first-order valence-corrected chi connectivity index (χ1v) is 13.0. The summed E-state index contributed by atoms with van der Waals surface area (Å²) in [4.78, 5) is 15.3. The summed E-state index contributed by atoms with van der Waals surface area (Å²) in [6.07, 6.45) is 7.92. The number of amides is 1. The Hall–Kier alpha value is -2.93. The zero-order valence-corrected chi connectivity index (χ0v) is 22.1. The molecule has 2 aromatic rings. The maximum absolute atomic E-state index is 13.0. The van der Waals surface area contributed by atoms with E-state index < -0.39 is 0 Å². The van der Waals surface area contributed by atoms with Crippen molar-refractivity contribution in [3.63, 3.8) is 0 Å². The van der Waals surface area contributed by atoms with Crippen molar-refractivity contribution in [2.75, 3.05) is 48.1 Å². The highest BCUT2D eigenvalue weighted by Gasteiger charge is 2.31. The van der Waals surface area contributed by atoms with Crippen LogP contribution < -0.4 is 24.3 Å². The Morgan fingerprint density at radius 1 is 0.889 bits per heavy atom. The second-order valence-electron chi connectivity index (χ2n) is 9.84. The van der Waals surface area contributed by atoms with Gasteiger partial charge in [0.15, 0.2) is 23.0 Å². The van der Waals surface area contributed by atoms with Crippen LogP contribution in [0.3, 0.4) is 0 Å². The van der Waals surface area contributed by atoms with Crippen LogP contribution in [0.1, 0.15) is 54.8 Å². The molecule has 7 nitrogen and oxygen atoms in total. The third kappa shape index (κ3) is 6.06. The number of fused-ring (bicyclic) bond motifs is 1. The first-order chi connectivity index (χ1) is 17.6. The largest absolute Gasteiger partial charge is 0.493 e. The lowest BCUT2D eigenvalue weighted by atomic mass is 9.88. The van der Waals surface area contributed by atoms with Gasteiger partial charge in [-0.05, 0) is 72.6 Å². The minimum absolute atomic E-state index is 0.0205. The normalized spacial score (nSPS) is 18.3. The van der Waals surface area contributed by atoms with Gasteiger partial charge in [-0.25, -0.2) is 0 Å². The summed E-state index contributed by atoms with van der Waals surface area (Å²) in [5, 5.41) is 3.22. The topological polar surface area (TPSA) is 69.3 Å². The Morgan fingerprint density at radius 3 is 2.25 bits per heavy atom. The van der Waals surface area contributed by atoms with E-state index in [1.807, 2.05) is 12.1 Å². The van der Waals surface area contributed by atoms with Gasteiger partial charge in [0.2, 0.25) is 5.91 Å². The molecule has 0 aromatic heterocycles. The summed E-state index contributed by atoms with van der Waals surface area (Å²) in [6.45, 7) is 1.96. The standard InChI is InChI=1S/C29H40N2O5/c1-33-25-11-10-21(15-26(25)34-2)14-24-23-17-28(36-4)27(35-3)16-22(23)12-13-31(24)19-29(32)30-18-20-8-6-5-7-9-20/h10-11,15-17,20,24H,5-9,12-14,18-19H2,1-4H3,(H,30,32). The molecule has 1 aliphatic carbocycles. The third-order valence-electron chi connectivity index (χ3n) is 7.65. The highest BCUT2D eigenvalue weighted by Crippen LogP contribution is 2.40. The lowest BCUT2D eigenvalue weighted by molar-refractivity contribution is -0.123. The molecule has 1 amide bonds. The smallest absolute Gasteiger partial charge is 0.234 e. The Labute approximate surface area is 215 Å². The van der Waals surface area contributed by atoms with Gasteiger partial charge in [-0.2, -0.15) is 0 Å². The van der Waals surface area contributed by atoms with Gasteiger partial charge in [0.1, 0.15) is 0 Å². The molecule has 1 heterocycles.